The molecule has 4 nitrogen and oxygen atoms in total. The molecule has 0 saturated carbocycles. The van der Waals surface area contributed by atoms with Crippen molar-refractivity contribution in [2.24, 2.45) is 0 Å². The van der Waals surface area contributed by atoms with Crippen LogP contribution in [0.15, 0.2) is 18.3 Å². The predicted octanol–water partition coefficient (Wildman–Crippen LogP) is 2.06. The Balaban J connectivity index is 2.49. The van der Waals surface area contributed by atoms with Gasteiger partial charge in [0.25, 0.3) is 0 Å². The van der Waals surface area contributed by atoms with E-state index in [0.29, 0.717) is 17.3 Å². The van der Waals surface area contributed by atoms with Gasteiger partial charge in [-0.25, -0.2) is 4.98 Å². The van der Waals surface area contributed by atoms with Gasteiger partial charge in [-0.2, -0.15) is 0 Å². The number of aromatic nitrogens is 1. The normalized spacial score (nSPS) is 12.2. The molecule has 1 unspecified atom stereocenters. The molecule has 0 aromatic carbocycles. The van der Waals surface area contributed by atoms with E-state index in [1.807, 2.05) is 13.8 Å². The summed E-state index contributed by atoms with van der Waals surface area (Å²) in [4.78, 5) is 15.5. The van der Waals surface area contributed by atoms with Crippen molar-refractivity contribution in [3.63, 3.8) is 0 Å². The molecule has 0 fully saturated rings. The summed E-state index contributed by atoms with van der Waals surface area (Å²) in [6, 6.07) is 3.61. The molecule has 5 heteroatoms. The number of pyridine rings is 1. The van der Waals surface area contributed by atoms with E-state index in [2.05, 4.69) is 15.6 Å². The lowest BCUT2D eigenvalue weighted by Gasteiger charge is -2.12. The van der Waals surface area contributed by atoms with Gasteiger partial charge in [0.2, 0.25) is 5.91 Å². The van der Waals surface area contributed by atoms with Gasteiger partial charge in [0.05, 0.1) is 5.69 Å². The lowest BCUT2D eigenvalue weighted by molar-refractivity contribution is -0.116. The summed E-state index contributed by atoms with van der Waals surface area (Å²) in [5.74, 6) is -0.0663. The number of hydrogen-bond acceptors (Lipinski definition) is 3. The molecule has 88 valence electrons. The predicted molar refractivity (Wildman–Crippen MR) is 65.6 cm³/mol. The van der Waals surface area contributed by atoms with E-state index in [1.165, 1.54) is 0 Å². The molecule has 0 spiro atoms. The van der Waals surface area contributed by atoms with Gasteiger partial charge in [0.15, 0.2) is 5.15 Å². The maximum absolute atomic E-state index is 11.6. The van der Waals surface area contributed by atoms with E-state index in [9.17, 15) is 4.79 Å². The monoisotopic (exact) mass is 241 g/mol. The minimum Gasteiger partial charge on any atom is -0.323 e. The number of carbonyl (C=O) groups excluding carboxylic acids is 1. The van der Waals surface area contributed by atoms with Gasteiger partial charge in [0, 0.05) is 18.7 Å². The highest BCUT2D eigenvalue weighted by Gasteiger charge is 2.09. The first kappa shape index (κ1) is 12.9. The van der Waals surface area contributed by atoms with Crippen LogP contribution < -0.4 is 10.6 Å². The standard InChI is InChI=1S/C11H16ClN3O/c1-3-13-8(2)7-10(16)15-9-5-4-6-14-11(9)12/h4-6,8,13H,3,7H2,1-2H3,(H,15,16). The third kappa shape index (κ3) is 4.16. The molecule has 1 amide bonds. The van der Waals surface area contributed by atoms with Crippen LogP contribution in [-0.2, 0) is 4.79 Å². The second-order valence-electron chi connectivity index (χ2n) is 3.55. The molecule has 1 aromatic heterocycles. The maximum atomic E-state index is 11.6. The number of anilines is 1. The summed E-state index contributed by atoms with van der Waals surface area (Å²) >= 11 is 5.82. The quantitative estimate of drug-likeness (QED) is 0.776. The Morgan fingerprint density at radius 3 is 3.00 bits per heavy atom. The number of halogens is 1. The molecule has 1 rings (SSSR count). The Bertz CT molecular complexity index is 357. The van der Waals surface area contributed by atoms with Crippen molar-refractivity contribution in [3.8, 4) is 0 Å². The van der Waals surface area contributed by atoms with Crippen LogP contribution in [0.25, 0.3) is 0 Å². The maximum Gasteiger partial charge on any atom is 0.226 e. The molecule has 2 N–H and O–H groups in total. The first-order chi connectivity index (χ1) is 7.63. The summed E-state index contributed by atoms with van der Waals surface area (Å²) in [6.07, 6.45) is 2.00. The Morgan fingerprint density at radius 1 is 1.62 bits per heavy atom. The van der Waals surface area contributed by atoms with Gasteiger partial charge in [-0.1, -0.05) is 18.5 Å². The Labute approximate surface area is 100 Å². The zero-order chi connectivity index (χ0) is 12.0. The van der Waals surface area contributed by atoms with Crippen molar-refractivity contribution in [1.29, 1.82) is 0 Å². The van der Waals surface area contributed by atoms with E-state index in [0.717, 1.165) is 6.54 Å². The van der Waals surface area contributed by atoms with Crippen molar-refractivity contribution in [1.82, 2.24) is 10.3 Å². The zero-order valence-corrected chi connectivity index (χ0v) is 10.2. The molecule has 0 bridgehead atoms. The van der Waals surface area contributed by atoms with Gasteiger partial charge in [-0.3, -0.25) is 4.79 Å². The molecule has 0 aliphatic rings. The molecular weight excluding hydrogens is 226 g/mol. The topological polar surface area (TPSA) is 54.0 Å². The van der Waals surface area contributed by atoms with E-state index in [-0.39, 0.29) is 11.9 Å². The van der Waals surface area contributed by atoms with Gasteiger partial charge < -0.3 is 10.6 Å². The second kappa shape index (κ2) is 6.45. The van der Waals surface area contributed by atoms with Gasteiger partial charge >= 0.3 is 0 Å². The van der Waals surface area contributed by atoms with Gasteiger partial charge in [0.1, 0.15) is 0 Å². The number of rotatable bonds is 5. The summed E-state index contributed by atoms with van der Waals surface area (Å²) in [5, 5.41) is 6.21. The zero-order valence-electron chi connectivity index (χ0n) is 9.46. The first-order valence-electron chi connectivity index (χ1n) is 5.27. The van der Waals surface area contributed by atoms with E-state index < -0.39 is 0 Å². The fourth-order valence-corrected chi connectivity index (χ4v) is 1.55. The Kier molecular flexibility index (Phi) is 5.22. The van der Waals surface area contributed by atoms with Gasteiger partial charge in [-0.15, -0.1) is 0 Å². The second-order valence-corrected chi connectivity index (χ2v) is 3.91. The molecule has 16 heavy (non-hydrogen) atoms. The van der Waals surface area contributed by atoms with Crippen molar-refractivity contribution in [2.45, 2.75) is 26.3 Å². The lowest BCUT2D eigenvalue weighted by Crippen LogP contribution is -2.30. The lowest BCUT2D eigenvalue weighted by atomic mass is 10.2. The van der Waals surface area contributed by atoms with Crippen LogP contribution in [0, 0.1) is 0 Å². The highest BCUT2D eigenvalue weighted by molar-refractivity contribution is 6.32. The van der Waals surface area contributed by atoms with Crippen LogP contribution in [0.1, 0.15) is 20.3 Å². The van der Waals surface area contributed by atoms with Crippen molar-refractivity contribution >= 4 is 23.2 Å². The van der Waals surface area contributed by atoms with Crippen LogP contribution >= 0.6 is 11.6 Å². The summed E-state index contributed by atoms with van der Waals surface area (Å²) in [5.41, 5.74) is 0.554. The number of nitrogens with one attached hydrogen (secondary N) is 2. The molecule has 1 heterocycles. The molecular formula is C11H16ClN3O. The Morgan fingerprint density at radius 2 is 2.38 bits per heavy atom. The SMILES string of the molecule is CCNC(C)CC(=O)Nc1cccnc1Cl. The van der Waals surface area contributed by atoms with Crippen LogP contribution in [0.2, 0.25) is 5.15 Å². The molecule has 1 atom stereocenters. The van der Waals surface area contributed by atoms with Crippen molar-refractivity contribution in [2.75, 3.05) is 11.9 Å². The average Bonchev–Trinajstić information content (AvgIpc) is 2.21. The van der Waals surface area contributed by atoms with Crippen LogP contribution in [0.5, 0.6) is 0 Å². The Hall–Kier alpha value is -1.13. The van der Waals surface area contributed by atoms with Crippen LogP contribution in [-0.4, -0.2) is 23.5 Å². The average molecular weight is 242 g/mol. The third-order valence-electron chi connectivity index (χ3n) is 2.08. The molecule has 0 aliphatic carbocycles. The number of hydrogen-bond donors (Lipinski definition) is 2. The highest BCUT2D eigenvalue weighted by Crippen LogP contribution is 2.17. The molecule has 0 radical (unpaired) electrons. The number of carbonyl (C=O) groups is 1. The largest absolute Gasteiger partial charge is 0.323 e. The minimum absolute atomic E-state index is 0.0663. The number of nitrogens with zero attached hydrogens (tertiary/aromatic N) is 1. The summed E-state index contributed by atoms with van der Waals surface area (Å²) in [7, 11) is 0. The highest BCUT2D eigenvalue weighted by atomic mass is 35.5. The van der Waals surface area contributed by atoms with Crippen LogP contribution in [0.3, 0.4) is 0 Å². The summed E-state index contributed by atoms with van der Waals surface area (Å²) < 4.78 is 0. The number of amides is 1. The van der Waals surface area contributed by atoms with Gasteiger partial charge in [-0.05, 0) is 25.6 Å². The van der Waals surface area contributed by atoms with E-state index >= 15 is 0 Å². The molecule has 0 aliphatic heterocycles. The van der Waals surface area contributed by atoms with Crippen molar-refractivity contribution < 1.29 is 4.79 Å². The van der Waals surface area contributed by atoms with Crippen molar-refractivity contribution in [3.05, 3.63) is 23.5 Å². The fraction of sp³-hybridized carbons (Fsp3) is 0.455. The van der Waals surface area contributed by atoms with E-state index in [4.69, 9.17) is 11.6 Å². The van der Waals surface area contributed by atoms with E-state index in [1.54, 1.807) is 18.3 Å². The van der Waals surface area contributed by atoms with Crippen LogP contribution in [0.4, 0.5) is 5.69 Å². The third-order valence-corrected chi connectivity index (χ3v) is 2.38. The molecule has 0 saturated heterocycles. The minimum atomic E-state index is -0.0663. The summed E-state index contributed by atoms with van der Waals surface area (Å²) in [6.45, 7) is 4.82. The molecule has 1 aromatic rings. The fourth-order valence-electron chi connectivity index (χ4n) is 1.38. The smallest absolute Gasteiger partial charge is 0.226 e. The first-order valence-corrected chi connectivity index (χ1v) is 5.65.